The fraction of sp³-hybridized carbons (Fsp3) is 0.818. The zero-order valence-corrected chi connectivity index (χ0v) is 10.5. The van der Waals surface area contributed by atoms with Crippen LogP contribution >= 0.6 is 0 Å². The number of nitrogens with zero attached hydrogens (tertiary/aromatic N) is 1. The van der Waals surface area contributed by atoms with Crippen LogP contribution in [0.2, 0.25) is 0 Å². The molecule has 92 valence electrons. The second kappa shape index (κ2) is 4.82. The van der Waals surface area contributed by atoms with E-state index in [1.165, 1.54) is 0 Å². The lowest BCUT2D eigenvalue weighted by atomic mass is 10.0. The minimum absolute atomic E-state index is 0.0161. The predicted molar refractivity (Wildman–Crippen MR) is 61.9 cm³/mol. The number of nitrogens with one attached hydrogen (secondary N) is 2. The highest BCUT2D eigenvalue weighted by Crippen LogP contribution is 2.11. The van der Waals surface area contributed by atoms with Gasteiger partial charge in [-0.2, -0.15) is 0 Å². The van der Waals surface area contributed by atoms with E-state index in [0.717, 1.165) is 6.54 Å². The van der Waals surface area contributed by atoms with Crippen molar-refractivity contribution in [1.82, 2.24) is 15.5 Å². The SMILES string of the molecule is CC(C)NC(=O)CN1CCNC(C)(C)C1=O. The van der Waals surface area contributed by atoms with E-state index < -0.39 is 5.54 Å². The minimum Gasteiger partial charge on any atom is -0.352 e. The zero-order chi connectivity index (χ0) is 12.3. The van der Waals surface area contributed by atoms with E-state index in [2.05, 4.69) is 10.6 Å². The minimum atomic E-state index is -0.559. The van der Waals surface area contributed by atoms with Crippen molar-refractivity contribution < 1.29 is 9.59 Å². The highest BCUT2D eigenvalue weighted by molar-refractivity contribution is 5.90. The summed E-state index contributed by atoms with van der Waals surface area (Å²) in [6.07, 6.45) is 0. The summed E-state index contributed by atoms with van der Waals surface area (Å²) in [7, 11) is 0. The second-order valence-electron chi connectivity index (χ2n) is 5.00. The third kappa shape index (κ3) is 3.20. The van der Waals surface area contributed by atoms with Gasteiger partial charge in [0.2, 0.25) is 11.8 Å². The van der Waals surface area contributed by atoms with E-state index >= 15 is 0 Å². The number of carbonyl (C=O) groups is 2. The Balaban J connectivity index is 2.54. The predicted octanol–water partition coefficient (Wildman–Crippen LogP) is -0.279. The van der Waals surface area contributed by atoms with Crippen molar-refractivity contribution in [2.45, 2.75) is 39.3 Å². The summed E-state index contributed by atoms with van der Waals surface area (Å²) < 4.78 is 0. The van der Waals surface area contributed by atoms with Gasteiger partial charge in [-0.15, -0.1) is 0 Å². The molecular weight excluding hydrogens is 206 g/mol. The van der Waals surface area contributed by atoms with Gasteiger partial charge < -0.3 is 15.5 Å². The molecule has 0 unspecified atom stereocenters. The van der Waals surface area contributed by atoms with E-state index in [1.807, 2.05) is 27.7 Å². The summed E-state index contributed by atoms with van der Waals surface area (Å²) in [5, 5.41) is 5.91. The van der Waals surface area contributed by atoms with Crippen LogP contribution in [0.15, 0.2) is 0 Å². The van der Waals surface area contributed by atoms with Crippen molar-refractivity contribution in [2.75, 3.05) is 19.6 Å². The molecule has 1 aliphatic rings. The highest BCUT2D eigenvalue weighted by Gasteiger charge is 2.35. The van der Waals surface area contributed by atoms with Gasteiger partial charge in [0, 0.05) is 19.1 Å². The summed E-state index contributed by atoms with van der Waals surface area (Å²) in [5.41, 5.74) is -0.559. The van der Waals surface area contributed by atoms with Crippen molar-refractivity contribution in [3.63, 3.8) is 0 Å². The Hall–Kier alpha value is -1.10. The van der Waals surface area contributed by atoms with E-state index in [1.54, 1.807) is 4.90 Å². The molecule has 0 aromatic carbocycles. The number of amides is 2. The topological polar surface area (TPSA) is 61.4 Å². The maximum atomic E-state index is 12.0. The third-order valence-electron chi connectivity index (χ3n) is 2.55. The van der Waals surface area contributed by atoms with Crippen LogP contribution in [0.3, 0.4) is 0 Å². The molecule has 2 N–H and O–H groups in total. The van der Waals surface area contributed by atoms with Crippen molar-refractivity contribution in [3.05, 3.63) is 0 Å². The van der Waals surface area contributed by atoms with Crippen LogP contribution in [-0.2, 0) is 9.59 Å². The quantitative estimate of drug-likeness (QED) is 0.697. The van der Waals surface area contributed by atoms with Crippen LogP contribution in [0.25, 0.3) is 0 Å². The first-order valence-electron chi connectivity index (χ1n) is 5.66. The summed E-state index contributed by atoms with van der Waals surface area (Å²) in [6, 6.07) is 0.110. The lowest BCUT2D eigenvalue weighted by Gasteiger charge is -2.37. The van der Waals surface area contributed by atoms with Crippen LogP contribution in [0.1, 0.15) is 27.7 Å². The summed E-state index contributed by atoms with van der Waals surface area (Å²) in [5.74, 6) is -0.112. The van der Waals surface area contributed by atoms with Crippen molar-refractivity contribution in [2.24, 2.45) is 0 Å². The molecule has 0 saturated carbocycles. The molecule has 5 nitrogen and oxygen atoms in total. The first-order valence-corrected chi connectivity index (χ1v) is 5.66. The fourth-order valence-corrected chi connectivity index (χ4v) is 1.77. The van der Waals surface area contributed by atoms with Crippen LogP contribution in [0.5, 0.6) is 0 Å². The van der Waals surface area contributed by atoms with Gasteiger partial charge in [-0.1, -0.05) is 0 Å². The molecule has 1 fully saturated rings. The van der Waals surface area contributed by atoms with Crippen molar-refractivity contribution in [3.8, 4) is 0 Å². The Morgan fingerprint density at radius 3 is 2.75 bits per heavy atom. The molecule has 2 amide bonds. The largest absolute Gasteiger partial charge is 0.352 e. The van der Waals surface area contributed by atoms with Gasteiger partial charge in [0.25, 0.3) is 0 Å². The van der Waals surface area contributed by atoms with Gasteiger partial charge in [-0.25, -0.2) is 0 Å². The van der Waals surface area contributed by atoms with Crippen molar-refractivity contribution in [1.29, 1.82) is 0 Å². The molecule has 0 atom stereocenters. The molecule has 0 radical (unpaired) electrons. The van der Waals surface area contributed by atoms with Crippen LogP contribution in [0.4, 0.5) is 0 Å². The Morgan fingerprint density at radius 1 is 1.56 bits per heavy atom. The number of hydrogen-bond acceptors (Lipinski definition) is 3. The highest BCUT2D eigenvalue weighted by atomic mass is 16.2. The maximum absolute atomic E-state index is 12.0. The van der Waals surface area contributed by atoms with Gasteiger partial charge in [-0.3, -0.25) is 9.59 Å². The molecule has 1 aliphatic heterocycles. The normalized spacial score (nSPS) is 20.1. The molecule has 5 heteroatoms. The molecule has 0 bridgehead atoms. The molecule has 1 heterocycles. The third-order valence-corrected chi connectivity index (χ3v) is 2.55. The van der Waals surface area contributed by atoms with Gasteiger partial charge >= 0.3 is 0 Å². The summed E-state index contributed by atoms with van der Waals surface area (Å²) >= 11 is 0. The van der Waals surface area contributed by atoms with Crippen molar-refractivity contribution >= 4 is 11.8 Å². The number of carbonyl (C=O) groups excluding carboxylic acids is 2. The van der Waals surface area contributed by atoms with Crippen LogP contribution in [-0.4, -0.2) is 47.9 Å². The number of rotatable bonds is 3. The van der Waals surface area contributed by atoms with Gasteiger partial charge in [-0.05, 0) is 27.7 Å². The molecule has 0 aliphatic carbocycles. The summed E-state index contributed by atoms with van der Waals surface area (Å²) in [4.78, 5) is 25.1. The maximum Gasteiger partial charge on any atom is 0.242 e. The molecule has 16 heavy (non-hydrogen) atoms. The molecular formula is C11H21N3O2. The molecule has 1 rings (SSSR count). The lowest BCUT2D eigenvalue weighted by Crippen LogP contribution is -2.62. The molecule has 0 aromatic heterocycles. The van der Waals surface area contributed by atoms with E-state index in [0.29, 0.717) is 6.54 Å². The Labute approximate surface area is 96.6 Å². The van der Waals surface area contributed by atoms with Gasteiger partial charge in [0.15, 0.2) is 0 Å². The average molecular weight is 227 g/mol. The lowest BCUT2D eigenvalue weighted by molar-refractivity contribution is -0.143. The zero-order valence-electron chi connectivity index (χ0n) is 10.5. The smallest absolute Gasteiger partial charge is 0.242 e. The molecule has 0 spiro atoms. The second-order valence-corrected chi connectivity index (χ2v) is 5.00. The Kier molecular flexibility index (Phi) is 3.91. The average Bonchev–Trinajstić information content (AvgIpc) is 2.11. The first kappa shape index (κ1) is 13.0. The van der Waals surface area contributed by atoms with Gasteiger partial charge in [0.1, 0.15) is 0 Å². The van der Waals surface area contributed by atoms with E-state index in [9.17, 15) is 9.59 Å². The van der Waals surface area contributed by atoms with E-state index in [-0.39, 0.29) is 24.4 Å². The Morgan fingerprint density at radius 2 is 2.19 bits per heavy atom. The van der Waals surface area contributed by atoms with Gasteiger partial charge in [0.05, 0.1) is 12.1 Å². The van der Waals surface area contributed by atoms with Crippen LogP contribution < -0.4 is 10.6 Å². The van der Waals surface area contributed by atoms with E-state index in [4.69, 9.17) is 0 Å². The monoisotopic (exact) mass is 227 g/mol. The molecule has 1 saturated heterocycles. The standard InChI is InChI=1S/C11H21N3O2/c1-8(2)13-9(15)7-14-6-5-12-11(3,4)10(14)16/h8,12H,5-7H2,1-4H3,(H,13,15). The summed E-state index contributed by atoms with van der Waals surface area (Å²) in [6.45, 7) is 8.95. The fourth-order valence-electron chi connectivity index (χ4n) is 1.77. The van der Waals surface area contributed by atoms with Crippen LogP contribution in [0, 0.1) is 0 Å². The number of piperazine rings is 1. The first-order chi connectivity index (χ1) is 7.33. The molecule has 0 aromatic rings. The number of hydrogen-bond donors (Lipinski definition) is 2. The Bertz CT molecular complexity index is 287.